The van der Waals surface area contributed by atoms with Crippen molar-refractivity contribution in [2.24, 2.45) is 5.92 Å². The molecule has 1 amide bonds. The number of alkyl halides is 3. The normalized spacial score (nSPS) is 18.0. The molecular weight excluding hydrogens is 513 g/mol. The number of aliphatic hydroxyl groups excluding tert-OH is 1. The molecule has 0 bridgehead atoms. The van der Waals surface area contributed by atoms with Gasteiger partial charge in [0.25, 0.3) is 0 Å². The van der Waals surface area contributed by atoms with Gasteiger partial charge in [0.1, 0.15) is 11.5 Å². The van der Waals surface area contributed by atoms with Gasteiger partial charge in [-0.2, -0.15) is 22.8 Å². The summed E-state index contributed by atoms with van der Waals surface area (Å²) in [6.45, 7) is 9.66. The second-order valence-electron chi connectivity index (χ2n) is 9.03. The Kier molecular flexibility index (Phi) is 14.2. The van der Waals surface area contributed by atoms with Crippen LogP contribution in [0.4, 0.5) is 24.7 Å². The molecule has 4 rings (SSSR count). The van der Waals surface area contributed by atoms with E-state index in [-0.39, 0.29) is 18.8 Å². The third-order valence-corrected chi connectivity index (χ3v) is 6.50. The molecule has 3 unspecified atom stereocenters. The van der Waals surface area contributed by atoms with E-state index in [0.29, 0.717) is 24.1 Å². The fourth-order valence-corrected chi connectivity index (χ4v) is 4.30. The quantitative estimate of drug-likeness (QED) is 0.400. The molecule has 1 saturated heterocycles. The molecule has 1 aromatic heterocycles. The number of halogens is 3. The minimum atomic E-state index is -4.36. The van der Waals surface area contributed by atoms with Crippen molar-refractivity contribution in [3.05, 3.63) is 52.7 Å². The van der Waals surface area contributed by atoms with E-state index >= 15 is 0 Å². The number of carbonyl (C=O) groups is 1. The fraction of sp³-hybridized carbons (Fsp3) is 0.536. The number of rotatable bonds is 7. The Labute approximate surface area is 228 Å². The molecule has 2 heterocycles. The van der Waals surface area contributed by atoms with Gasteiger partial charge < -0.3 is 20.6 Å². The van der Waals surface area contributed by atoms with Crippen LogP contribution in [0.1, 0.15) is 81.3 Å². The first-order valence-corrected chi connectivity index (χ1v) is 13.0. The SMILES string of the molecule is CC.CC1CC1c1ccc(C(F)(F)F)nc1N1CCCC1.CNc1ccc(C(C)NC=O)cc1CO.O=C=O. The van der Waals surface area contributed by atoms with Crippen LogP contribution in [0.15, 0.2) is 30.3 Å². The van der Waals surface area contributed by atoms with Crippen molar-refractivity contribution in [3.8, 4) is 0 Å². The molecule has 1 saturated carbocycles. The first kappa shape index (κ1) is 33.6. The summed E-state index contributed by atoms with van der Waals surface area (Å²) in [5.41, 5.74) is 2.94. The Morgan fingerprint density at radius 2 is 1.77 bits per heavy atom. The zero-order valence-corrected chi connectivity index (χ0v) is 23.1. The number of pyridine rings is 1. The minimum Gasteiger partial charge on any atom is -0.392 e. The van der Waals surface area contributed by atoms with Gasteiger partial charge >= 0.3 is 12.3 Å². The van der Waals surface area contributed by atoms with Gasteiger partial charge in [0, 0.05) is 31.4 Å². The molecule has 2 fully saturated rings. The monoisotopic (exact) mass is 552 g/mol. The molecule has 3 atom stereocenters. The number of carbonyl (C=O) groups excluding carboxylic acids is 3. The van der Waals surface area contributed by atoms with Crippen LogP contribution in [0, 0.1) is 5.92 Å². The van der Waals surface area contributed by atoms with Crippen LogP contribution in [-0.4, -0.2) is 42.8 Å². The van der Waals surface area contributed by atoms with Crippen molar-refractivity contribution >= 4 is 24.1 Å². The maximum atomic E-state index is 12.8. The van der Waals surface area contributed by atoms with Gasteiger partial charge in [-0.3, -0.25) is 4.79 Å². The third-order valence-electron chi connectivity index (χ3n) is 6.50. The Balaban J connectivity index is 0.000000343. The van der Waals surface area contributed by atoms with Gasteiger partial charge in [0.05, 0.1) is 12.6 Å². The smallest absolute Gasteiger partial charge is 0.392 e. The van der Waals surface area contributed by atoms with Gasteiger partial charge in [0.2, 0.25) is 6.41 Å². The number of nitrogens with zero attached hydrogens (tertiary/aromatic N) is 2. The highest BCUT2D eigenvalue weighted by molar-refractivity contribution is 5.54. The second-order valence-corrected chi connectivity index (χ2v) is 9.03. The highest BCUT2D eigenvalue weighted by Gasteiger charge is 2.39. The van der Waals surface area contributed by atoms with Crippen molar-refractivity contribution in [2.75, 3.05) is 30.4 Å². The first-order chi connectivity index (χ1) is 18.6. The number of hydrogen-bond acceptors (Lipinski definition) is 7. The van der Waals surface area contributed by atoms with Crippen LogP contribution in [-0.2, 0) is 27.2 Å². The summed E-state index contributed by atoms with van der Waals surface area (Å²) >= 11 is 0. The van der Waals surface area contributed by atoms with E-state index in [1.165, 1.54) is 0 Å². The lowest BCUT2D eigenvalue weighted by Gasteiger charge is -2.21. The molecule has 0 radical (unpaired) electrons. The number of nitrogens with one attached hydrogen (secondary N) is 2. The minimum absolute atomic E-state index is 0.0160. The van der Waals surface area contributed by atoms with E-state index in [9.17, 15) is 18.0 Å². The molecule has 1 aliphatic heterocycles. The lowest BCUT2D eigenvalue weighted by Crippen LogP contribution is -2.22. The molecule has 2 aromatic rings. The largest absolute Gasteiger partial charge is 0.433 e. The zero-order chi connectivity index (χ0) is 29.6. The van der Waals surface area contributed by atoms with E-state index in [2.05, 4.69) is 22.5 Å². The Bertz CT molecular complexity index is 1070. The van der Waals surface area contributed by atoms with Crippen LogP contribution in [0.3, 0.4) is 0 Å². The number of aliphatic hydroxyl groups is 1. The first-order valence-electron chi connectivity index (χ1n) is 13.0. The van der Waals surface area contributed by atoms with Crippen molar-refractivity contribution in [2.45, 2.75) is 71.7 Å². The van der Waals surface area contributed by atoms with Crippen LogP contribution in [0.2, 0.25) is 0 Å². The average molecular weight is 553 g/mol. The topological polar surface area (TPSA) is 112 Å². The number of benzene rings is 1. The van der Waals surface area contributed by atoms with Crippen molar-refractivity contribution in [3.63, 3.8) is 0 Å². The third kappa shape index (κ3) is 10.00. The Morgan fingerprint density at radius 1 is 1.18 bits per heavy atom. The summed E-state index contributed by atoms with van der Waals surface area (Å²) in [5.74, 6) is 1.53. The molecule has 11 heteroatoms. The highest BCUT2D eigenvalue weighted by atomic mass is 19.4. The van der Waals surface area contributed by atoms with Crippen molar-refractivity contribution < 1.29 is 32.7 Å². The molecule has 1 aromatic carbocycles. The molecule has 0 spiro atoms. The zero-order valence-electron chi connectivity index (χ0n) is 23.1. The summed E-state index contributed by atoms with van der Waals surface area (Å²) in [7, 11) is 1.81. The summed E-state index contributed by atoms with van der Waals surface area (Å²) in [6.07, 6.45) is -0.291. The second kappa shape index (κ2) is 16.5. The van der Waals surface area contributed by atoms with E-state index in [1.807, 2.05) is 43.9 Å². The number of aromatic nitrogens is 1. The van der Waals surface area contributed by atoms with Crippen LogP contribution in [0.5, 0.6) is 0 Å². The highest BCUT2D eigenvalue weighted by Crippen LogP contribution is 2.50. The lowest BCUT2D eigenvalue weighted by atomic mass is 10.0. The standard InChI is InChI=1S/C14H17F3N2.C11H16N2O2.C2H6.CO2/c1-9-8-11(9)10-4-5-12(14(15,16)17)18-13(10)19-6-2-3-7-19;1-8(13-7-15)9-3-4-11(12-2)10(5-9)6-14;1-2;2-1-3/h4-5,9,11H,2-3,6-8H2,1H3;3-5,7-8,12,14H,6H2,1-2H3,(H,13,15);1-2H3;. The molecule has 39 heavy (non-hydrogen) atoms. The summed E-state index contributed by atoms with van der Waals surface area (Å²) in [4.78, 5) is 32.5. The van der Waals surface area contributed by atoms with Crippen molar-refractivity contribution in [1.82, 2.24) is 10.3 Å². The van der Waals surface area contributed by atoms with E-state index in [1.54, 1.807) is 13.1 Å². The maximum Gasteiger partial charge on any atom is 0.433 e. The molecule has 2 aliphatic rings. The van der Waals surface area contributed by atoms with Gasteiger partial charge in [-0.25, -0.2) is 4.98 Å². The summed E-state index contributed by atoms with van der Waals surface area (Å²) in [5, 5.41) is 14.8. The number of amides is 1. The van der Waals surface area contributed by atoms with Crippen molar-refractivity contribution in [1.29, 1.82) is 0 Å². The molecule has 8 nitrogen and oxygen atoms in total. The van der Waals surface area contributed by atoms with E-state index < -0.39 is 11.9 Å². The molecule has 1 aliphatic carbocycles. The van der Waals surface area contributed by atoms with E-state index in [4.69, 9.17) is 14.7 Å². The average Bonchev–Trinajstić information content (AvgIpc) is 3.40. The van der Waals surface area contributed by atoms with Gasteiger partial charge in [0.15, 0.2) is 0 Å². The lowest BCUT2D eigenvalue weighted by molar-refractivity contribution is -0.191. The van der Waals surface area contributed by atoms with Crippen LogP contribution >= 0.6 is 0 Å². The van der Waals surface area contributed by atoms with Gasteiger partial charge in [-0.1, -0.05) is 32.9 Å². The predicted molar refractivity (Wildman–Crippen MR) is 143 cm³/mol. The summed E-state index contributed by atoms with van der Waals surface area (Å²) < 4.78 is 38.4. The molecular formula is C28H39F3N4O4. The van der Waals surface area contributed by atoms with Crippen LogP contribution in [0.25, 0.3) is 0 Å². The maximum absolute atomic E-state index is 12.8. The predicted octanol–water partition coefficient (Wildman–Crippen LogP) is 5.29. The van der Waals surface area contributed by atoms with Gasteiger partial charge in [-0.05, 0) is 67.3 Å². The van der Waals surface area contributed by atoms with Gasteiger partial charge in [-0.15, -0.1) is 0 Å². The summed E-state index contributed by atoms with van der Waals surface area (Å²) in [6, 6.07) is 8.42. The number of anilines is 2. The molecule has 3 N–H and O–H groups in total. The molecule has 216 valence electrons. The Morgan fingerprint density at radius 3 is 2.23 bits per heavy atom. The number of hydrogen-bond donors (Lipinski definition) is 3. The van der Waals surface area contributed by atoms with E-state index in [0.717, 1.165) is 60.8 Å². The fourth-order valence-electron chi connectivity index (χ4n) is 4.30. The Hall–Kier alpha value is -3.43. The van der Waals surface area contributed by atoms with Crippen LogP contribution < -0.4 is 15.5 Å².